The third-order valence-electron chi connectivity index (χ3n) is 5.34. The number of aromatic nitrogens is 4. The summed E-state index contributed by atoms with van der Waals surface area (Å²) in [6.45, 7) is 4.89. The summed E-state index contributed by atoms with van der Waals surface area (Å²) in [5.74, 6) is 2.12. The SMILES string of the molecule is CNc1ncc(C(C)C)c2nc(Nc3ccnc(N4CC[C@@H](O)[C@@H](F)C4)c3)ncc12. The van der Waals surface area contributed by atoms with Crippen LogP contribution in [0, 0.1) is 0 Å². The first kappa shape index (κ1) is 20.2. The molecule has 0 radical (unpaired) electrons. The van der Waals surface area contributed by atoms with Gasteiger partial charge in [-0.25, -0.2) is 24.3 Å². The molecule has 1 aliphatic heterocycles. The van der Waals surface area contributed by atoms with Crippen LogP contribution in [0.25, 0.3) is 10.9 Å². The van der Waals surface area contributed by atoms with Crippen molar-refractivity contribution in [1.82, 2.24) is 19.9 Å². The molecule has 0 amide bonds. The van der Waals surface area contributed by atoms with Crippen molar-refractivity contribution >= 4 is 34.2 Å². The molecule has 1 aliphatic rings. The van der Waals surface area contributed by atoms with Crippen molar-refractivity contribution in [2.45, 2.75) is 38.5 Å². The molecule has 2 atom stereocenters. The topological polar surface area (TPSA) is 99.1 Å². The van der Waals surface area contributed by atoms with E-state index in [1.165, 1.54) is 0 Å². The number of pyridine rings is 2. The van der Waals surface area contributed by atoms with Gasteiger partial charge in [-0.3, -0.25) is 0 Å². The Hall–Kier alpha value is -3.07. The van der Waals surface area contributed by atoms with Crippen molar-refractivity contribution < 1.29 is 9.50 Å². The molecule has 0 aromatic carbocycles. The van der Waals surface area contributed by atoms with Crippen LogP contribution in [0.5, 0.6) is 0 Å². The van der Waals surface area contributed by atoms with Crippen LogP contribution in [0.3, 0.4) is 0 Å². The third-order valence-corrected chi connectivity index (χ3v) is 5.34. The van der Waals surface area contributed by atoms with E-state index in [0.29, 0.717) is 24.7 Å². The minimum atomic E-state index is -1.27. The smallest absolute Gasteiger partial charge is 0.227 e. The largest absolute Gasteiger partial charge is 0.390 e. The van der Waals surface area contributed by atoms with Gasteiger partial charge >= 0.3 is 0 Å². The molecule has 1 fully saturated rings. The number of fused-ring (bicyclic) bond motifs is 1. The summed E-state index contributed by atoms with van der Waals surface area (Å²) in [7, 11) is 1.82. The van der Waals surface area contributed by atoms with Crippen LogP contribution in [0.15, 0.2) is 30.7 Å². The van der Waals surface area contributed by atoms with Crippen molar-refractivity contribution in [2.24, 2.45) is 0 Å². The molecule has 0 spiro atoms. The quantitative estimate of drug-likeness (QED) is 0.589. The number of nitrogens with zero attached hydrogens (tertiary/aromatic N) is 5. The molecule has 0 unspecified atom stereocenters. The lowest BCUT2D eigenvalue weighted by Crippen LogP contribution is -2.44. The van der Waals surface area contributed by atoms with Gasteiger partial charge in [0.15, 0.2) is 0 Å². The Bertz CT molecular complexity index is 1050. The van der Waals surface area contributed by atoms with Crippen LogP contribution in [0.4, 0.5) is 27.7 Å². The Kier molecular flexibility index (Phi) is 5.63. The molecule has 0 aliphatic carbocycles. The van der Waals surface area contributed by atoms with E-state index in [4.69, 9.17) is 4.98 Å². The lowest BCUT2D eigenvalue weighted by molar-refractivity contribution is 0.0614. The van der Waals surface area contributed by atoms with Crippen LogP contribution < -0.4 is 15.5 Å². The van der Waals surface area contributed by atoms with Crippen LogP contribution >= 0.6 is 0 Å². The Labute approximate surface area is 174 Å². The molecule has 8 nitrogen and oxygen atoms in total. The summed E-state index contributed by atoms with van der Waals surface area (Å²) in [4.78, 5) is 19.8. The maximum atomic E-state index is 13.9. The maximum absolute atomic E-state index is 13.9. The van der Waals surface area contributed by atoms with E-state index in [1.807, 2.05) is 30.3 Å². The number of piperidine rings is 1. The average Bonchev–Trinajstić information content (AvgIpc) is 2.74. The summed E-state index contributed by atoms with van der Waals surface area (Å²) in [6.07, 6.45) is 3.48. The first-order chi connectivity index (χ1) is 14.5. The molecule has 1 saturated heterocycles. The van der Waals surface area contributed by atoms with Gasteiger partial charge in [0.25, 0.3) is 0 Å². The van der Waals surface area contributed by atoms with Crippen LogP contribution in [-0.4, -0.2) is 57.5 Å². The molecule has 3 aromatic rings. The highest BCUT2D eigenvalue weighted by Crippen LogP contribution is 2.29. The van der Waals surface area contributed by atoms with Crippen molar-refractivity contribution in [3.63, 3.8) is 0 Å². The Morgan fingerprint density at radius 3 is 2.80 bits per heavy atom. The third kappa shape index (κ3) is 3.97. The fourth-order valence-electron chi connectivity index (χ4n) is 3.62. The number of nitrogens with one attached hydrogen (secondary N) is 2. The zero-order valence-corrected chi connectivity index (χ0v) is 17.3. The molecule has 3 aromatic heterocycles. The first-order valence-electron chi connectivity index (χ1n) is 10.1. The first-order valence-corrected chi connectivity index (χ1v) is 10.1. The lowest BCUT2D eigenvalue weighted by atomic mass is 10.0. The second-order valence-electron chi connectivity index (χ2n) is 7.77. The summed E-state index contributed by atoms with van der Waals surface area (Å²) >= 11 is 0. The number of aliphatic hydroxyl groups excluding tert-OH is 1. The van der Waals surface area contributed by atoms with Crippen LogP contribution in [0.2, 0.25) is 0 Å². The van der Waals surface area contributed by atoms with Gasteiger partial charge in [-0.2, -0.15) is 0 Å². The molecule has 3 N–H and O–H groups in total. The Morgan fingerprint density at radius 2 is 2.07 bits per heavy atom. The second kappa shape index (κ2) is 8.35. The van der Waals surface area contributed by atoms with Crippen molar-refractivity contribution in [2.75, 3.05) is 35.7 Å². The van der Waals surface area contributed by atoms with Crippen molar-refractivity contribution in [3.8, 4) is 0 Å². The molecule has 0 saturated carbocycles. The van der Waals surface area contributed by atoms with Gasteiger partial charge < -0.3 is 20.6 Å². The molecule has 0 bridgehead atoms. The van der Waals surface area contributed by atoms with Crippen LogP contribution in [-0.2, 0) is 0 Å². The van der Waals surface area contributed by atoms with E-state index >= 15 is 0 Å². The summed E-state index contributed by atoms with van der Waals surface area (Å²) in [6, 6.07) is 3.66. The highest BCUT2D eigenvalue weighted by atomic mass is 19.1. The summed E-state index contributed by atoms with van der Waals surface area (Å²) in [5.41, 5.74) is 2.65. The number of alkyl halides is 1. The predicted molar refractivity (Wildman–Crippen MR) is 116 cm³/mol. The molecular weight excluding hydrogens is 385 g/mol. The number of hydrogen-bond donors (Lipinski definition) is 3. The predicted octanol–water partition coefficient (Wildman–Crippen LogP) is 3.24. The number of aliphatic hydroxyl groups is 1. The van der Waals surface area contributed by atoms with Crippen molar-refractivity contribution in [1.29, 1.82) is 0 Å². The zero-order chi connectivity index (χ0) is 21.3. The fourth-order valence-corrected chi connectivity index (χ4v) is 3.62. The van der Waals surface area contributed by atoms with E-state index in [9.17, 15) is 9.50 Å². The summed E-state index contributed by atoms with van der Waals surface area (Å²) in [5, 5.41) is 16.8. The Balaban J connectivity index is 1.62. The minimum Gasteiger partial charge on any atom is -0.390 e. The standard InChI is InChI=1S/C21H26FN7O/c1-12(2)14-9-25-20(23-3)15-10-26-21(28-19(14)15)27-13-4-6-24-18(8-13)29-7-5-17(30)16(22)11-29/h4,6,8-10,12,16-17,30H,5,7,11H2,1-3H3,(H,23,25)(H,24,26,27,28)/t16-,17+/m0/s1. The average molecular weight is 411 g/mol. The van der Waals surface area contributed by atoms with E-state index < -0.39 is 12.3 Å². The van der Waals surface area contributed by atoms with Gasteiger partial charge in [0.1, 0.15) is 17.8 Å². The van der Waals surface area contributed by atoms with Gasteiger partial charge in [-0.1, -0.05) is 13.8 Å². The van der Waals surface area contributed by atoms with Gasteiger partial charge in [0, 0.05) is 43.9 Å². The molecular formula is C21H26FN7O. The molecule has 30 heavy (non-hydrogen) atoms. The molecule has 4 rings (SSSR count). The van der Waals surface area contributed by atoms with Gasteiger partial charge in [-0.15, -0.1) is 0 Å². The number of hydrogen-bond acceptors (Lipinski definition) is 8. The second-order valence-corrected chi connectivity index (χ2v) is 7.77. The number of halogens is 1. The van der Waals surface area contributed by atoms with E-state index in [1.54, 1.807) is 12.4 Å². The molecule has 9 heteroatoms. The van der Waals surface area contributed by atoms with Gasteiger partial charge in [0.2, 0.25) is 5.95 Å². The highest BCUT2D eigenvalue weighted by Gasteiger charge is 2.28. The number of anilines is 4. The van der Waals surface area contributed by atoms with Crippen LogP contribution in [0.1, 0.15) is 31.7 Å². The zero-order valence-electron chi connectivity index (χ0n) is 17.3. The molecule has 158 valence electrons. The van der Waals surface area contributed by atoms with E-state index in [2.05, 4.69) is 39.4 Å². The van der Waals surface area contributed by atoms with E-state index in [-0.39, 0.29) is 12.5 Å². The monoisotopic (exact) mass is 411 g/mol. The lowest BCUT2D eigenvalue weighted by Gasteiger charge is -2.33. The van der Waals surface area contributed by atoms with E-state index in [0.717, 1.165) is 28.0 Å². The van der Waals surface area contributed by atoms with Crippen molar-refractivity contribution in [3.05, 3.63) is 36.3 Å². The normalized spacial score (nSPS) is 19.3. The molecule has 4 heterocycles. The van der Waals surface area contributed by atoms with Gasteiger partial charge in [0.05, 0.1) is 23.6 Å². The minimum absolute atomic E-state index is 0.127. The number of rotatable bonds is 5. The Morgan fingerprint density at radius 1 is 1.23 bits per heavy atom. The maximum Gasteiger partial charge on any atom is 0.227 e. The summed E-state index contributed by atoms with van der Waals surface area (Å²) < 4.78 is 13.9. The fraction of sp³-hybridized carbons (Fsp3) is 0.429. The highest BCUT2D eigenvalue weighted by molar-refractivity contribution is 5.91. The van der Waals surface area contributed by atoms with Gasteiger partial charge in [-0.05, 0) is 24.0 Å².